The van der Waals surface area contributed by atoms with Gasteiger partial charge in [-0.15, -0.1) is 0 Å². The fourth-order valence-corrected chi connectivity index (χ4v) is 4.24. The van der Waals surface area contributed by atoms with Crippen LogP contribution in [-0.2, 0) is 4.79 Å². The van der Waals surface area contributed by atoms with Crippen LogP contribution in [0.3, 0.4) is 0 Å². The molecular formula is C18H30N4O. The van der Waals surface area contributed by atoms with Crippen LogP contribution < -0.4 is 0 Å². The highest BCUT2D eigenvalue weighted by atomic mass is 16.2. The van der Waals surface area contributed by atoms with Crippen molar-refractivity contribution in [3.8, 4) is 0 Å². The third-order valence-electron chi connectivity index (χ3n) is 5.82. The number of carbonyl (C=O) groups excluding carboxylic acids is 1. The molecule has 2 fully saturated rings. The van der Waals surface area contributed by atoms with Gasteiger partial charge in [-0.25, -0.2) is 9.67 Å². The summed E-state index contributed by atoms with van der Waals surface area (Å²) in [5.41, 5.74) is 0.372. The Hall–Kier alpha value is -1.39. The normalized spacial score (nSPS) is 29.5. The Bertz CT molecular complexity index is 512. The number of hydrogen-bond donors (Lipinski definition) is 0. The molecule has 0 spiro atoms. The number of aromatic nitrogens is 3. The van der Waals surface area contributed by atoms with Crippen LogP contribution in [0, 0.1) is 17.3 Å². The van der Waals surface area contributed by atoms with Crippen molar-refractivity contribution in [2.24, 2.45) is 17.3 Å². The lowest BCUT2D eigenvalue weighted by Crippen LogP contribution is -2.44. The molecule has 1 aliphatic heterocycles. The Kier molecular flexibility index (Phi) is 4.74. The molecule has 1 aliphatic carbocycles. The van der Waals surface area contributed by atoms with Gasteiger partial charge < -0.3 is 4.90 Å². The van der Waals surface area contributed by atoms with Crippen LogP contribution in [-0.4, -0.2) is 38.7 Å². The summed E-state index contributed by atoms with van der Waals surface area (Å²) in [5, 5.41) is 4.25. The van der Waals surface area contributed by atoms with Gasteiger partial charge in [0, 0.05) is 19.0 Å². The van der Waals surface area contributed by atoms with Crippen molar-refractivity contribution in [3.63, 3.8) is 0 Å². The van der Waals surface area contributed by atoms with Gasteiger partial charge in [0.1, 0.15) is 12.7 Å². The molecule has 0 N–H and O–H groups in total. The highest BCUT2D eigenvalue weighted by Gasteiger charge is 2.35. The molecule has 1 saturated carbocycles. The van der Waals surface area contributed by atoms with Crippen LogP contribution in [0.1, 0.15) is 65.3 Å². The van der Waals surface area contributed by atoms with E-state index in [9.17, 15) is 4.79 Å². The predicted octanol–water partition coefficient (Wildman–Crippen LogP) is 3.29. The Balaban J connectivity index is 1.56. The second-order valence-electron chi connectivity index (χ2n) is 8.37. The largest absolute Gasteiger partial charge is 0.340 e. The lowest BCUT2D eigenvalue weighted by molar-refractivity contribution is -0.139. The quantitative estimate of drug-likeness (QED) is 0.841. The van der Waals surface area contributed by atoms with E-state index in [0.29, 0.717) is 17.4 Å². The molecule has 2 heterocycles. The number of hydrogen-bond acceptors (Lipinski definition) is 3. The Labute approximate surface area is 139 Å². The lowest BCUT2D eigenvalue weighted by atomic mass is 9.69. The fourth-order valence-electron chi connectivity index (χ4n) is 4.24. The van der Waals surface area contributed by atoms with Crippen LogP contribution in [0.15, 0.2) is 12.7 Å². The number of nitrogens with zero attached hydrogens (tertiary/aromatic N) is 4. The van der Waals surface area contributed by atoms with Crippen molar-refractivity contribution in [1.82, 2.24) is 19.7 Å². The smallest absolute Gasteiger partial charge is 0.225 e. The first kappa shape index (κ1) is 16.5. The van der Waals surface area contributed by atoms with E-state index in [1.165, 1.54) is 12.8 Å². The molecule has 1 amide bonds. The highest BCUT2D eigenvalue weighted by Crippen LogP contribution is 2.40. The van der Waals surface area contributed by atoms with E-state index in [4.69, 9.17) is 0 Å². The molecule has 0 radical (unpaired) electrons. The molecule has 1 saturated heterocycles. The zero-order valence-corrected chi connectivity index (χ0v) is 14.7. The summed E-state index contributed by atoms with van der Waals surface area (Å²) >= 11 is 0. The molecule has 0 unspecified atom stereocenters. The molecule has 3 rings (SSSR count). The van der Waals surface area contributed by atoms with Gasteiger partial charge in [0.2, 0.25) is 5.91 Å². The van der Waals surface area contributed by atoms with Crippen LogP contribution in [0.2, 0.25) is 0 Å². The average molecular weight is 318 g/mol. The maximum absolute atomic E-state index is 12.9. The Morgan fingerprint density at radius 1 is 1.13 bits per heavy atom. The predicted molar refractivity (Wildman–Crippen MR) is 89.8 cm³/mol. The summed E-state index contributed by atoms with van der Waals surface area (Å²) in [7, 11) is 0. The number of carbonyl (C=O) groups is 1. The van der Waals surface area contributed by atoms with Crippen LogP contribution in [0.5, 0.6) is 0 Å². The summed E-state index contributed by atoms with van der Waals surface area (Å²) in [4.78, 5) is 19.0. The van der Waals surface area contributed by atoms with Gasteiger partial charge in [0.25, 0.3) is 0 Å². The molecule has 5 nitrogen and oxygen atoms in total. The van der Waals surface area contributed by atoms with Crippen molar-refractivity contribution in [2.45, 2.75) is 65.3 Å². The van der Waals surface area contributed by atoms with Gasteiger partial charge in [-0.3, -0.25) is 4.79 Å². The molecule has 1 atom stereocenters. The number of rotatable bonds is 2. The van der Waals surface area contributed by atoms with Crippen LogP contribution >= 0.6 is 0 Å². The van der Waals surface area contributed by atoms with Gasteiger partial charge in [-0.1, -0.05) is 20.8 Å². The van der Waals surface area contributed by atoms with Crippen molar-refractivity contribution in [2.75, 3.05) is 13.1 Å². The molecule has 1 aromatic rings. The van der Waals surface area contributed by atoms with E-state index < -0.39 is 0 Å². The number of amides is 1. The fraction of sp³-hybridized carbons (Fsp3) is 0.833. The van der Waals surface area contributed by atoms with Gasteiger partial charge >= 0.3 is 0 Å². The molecule has 0 aromatic carbocycles. The first-order chi connectivity index (χ1) is 10.9. The maximum atomic E-state index is 12.9. The van der Waals surface area contributed by atoms with Gasteiger partial charge in [0.05, 0.1) is 6.04 Å². The first-order valence-electron chi connectivity index (χ1n) is 9.08. The number of likely N-dealkylation sites (tertiary alicyclic amines) is 1. The summed E-state index contributed by atoms with van der Waals surface area (Å²) in [6, 6.07) is 0.293. The molecule has 1 aromatic heterocycles. The maximum Gasteiger partial charge on any atom is 0.225 e. The molecule has 23 heavy (non-hydrogen) atoms. The molecule has 2 aliphatic rings. The monoisotopic (exact) mass is 318 g/mol. The minimum Gasteiger partial charge on any atom is -0.340 e. The summed E-state index contributed by atoms with van der Waals surface area (Å²) in [6.45, 7) is 8.68. The van der Waals surface area contributed by atoms with E-state index >= 15 is 0 Å². The van der Waals surface area contributed by atoms with E-state index in [1.54, 1.807) is 12.7 Å². The van der Waals surface area contributed by atoms with Crippen molar-refractivity contribution >= 4 is 5.91 Å². The third kappa shape index (κ3) is 3.75. The van der Waals surface area contributed by atoms with Crippen molar-refractivity contribution in [3.05, 3.63) is 12.7 Å². The summed E-state index contributed by atoms with van der Waals surface area (Å²) in [5.74, 6) is 1.38. The SMILES string of the molecule is CC(C)(C)C1CCC(C(=O)N2CCC[C@H](n3cncn3)C2)CC1. The average Bonchev–Trinajstić information content (AvgIpc) is 3.08. The lowest BCUT2D eigenvalue weighted by Gasteiger charge is -2.39. The first-order valence-corrected chi connectivity index (χ1v) is 9.08. The zero-order chi connectivity index (χ0) is 16.4. The minimum atomic E-state index is 0.239. The summed E-state index contributed by atoms with van der Waals surface area (Å²) in [6.07, 6.45) is 10.0. The molecule has 128 valence electrons. The Morgan fingerprint density at radius 3 is 2.48 bits per heavy atom. The van der Waals surface area contributed by atoms with Crippen LogP contribution in [0.25, 0.3) is 0 Å². The van der Waals surface area contributed by atoms with Gasteiger partial charge in [-0.2, -0.15) is 5.10 Å². The standard InChI is InChI=1S/C18H30N4O/c1-18(2,3)15-8-6-14(7-9-15)17(23)21-10-4-5-16(11-21)22-13-19-12-20-22/h12-16H,4-11H2,1-3H3/t14?,15?,16-/m0/s1. The third-order valence-corrected chi connectivity index (χ3v) is 5.82. The zero-order valence-electron chi connectivity index (χ0n) is 14.7. The minimum absolute atomic E-state index is 0.239. The van der Waals surface area contributed by atoms with E-state index in [1.807, 2.05) is 4.68 Å². The van der Waals surface area contributed by atoms with E-state index in [-0.39, 0.29) is 5.92 Å². The Morgan fingerprint density at radius 2 is 1.87 bits per heavy atom. The highest BCUT2D eigenvalue weighted by molar-refractivity contribution is 5.79. The van der Waals surface area contributed by atoms with E-state index in [2.05, 4.69) is 35.8 Å². The molecular weight excluding hydrogens is 288 g/mol. The number of piperidine rings is 1. The van der Waals surface area contributed by atoms with E-state index in [0.717, 1.165) is 44.7 Å². The summed E-state index contributed by atoms with van der Waals surface area (Å²) < 4.78 is 1.91. The molecule has 5 heteroatoms. The second-order valence-corrected chi connectivity index (χ2v) is 8.37. The van der Waals surface area contributed by atoms with Gasteiger partial charge in [-0.05, 0) is 49.9 Å². The van der Waals surface area contributed by atoms with Gasteiger partial charge in [0.15, 0.2) is 0 Å². The molecule has 0 bridgehead atoms. The second kappa shape index (κ2) is 6.62. The van der Waals surface area contributed by atoms with Crippen molar-refractivity contribution < 1.29 is 4.79 Å². The van der Waals surface area contributed by atoms with Crippen molar-refractivity contribution in [1.29, 1.82) is 0 Å². The topological polar surface area (TPSA) is 51.0 Å². The van der Waals surface area contributed by atoms with Crippen LogP contribution in [0.4, 0.5) is 0 Å².